The normalized spacial score (nSPS) is 13.7. The van der Waals surface area contributed by atoms with E-state index in [-0.39, 0.29) is 18.0 Å². The summed E-state index contributed by atoms with van der Waals surface area (Å²) in [6.07, 6.45) is 0.534. The van der Waals surface area contributed by atoms with Gasteiger partial charge in [0.15, 0.2) is 0 Å². The van der Waals surface area contributed by atoms with Crippen LogP contribution >= 0.6 is 23.2 Å². The molecule has 132 valence electrons. The maximum atomic E-state index is 13.0. The van der Waals surface area contributed by atoms with Gasteiger partial charge >= 0.3 is 0 Å². The standard InChI is InChI=1S/C19H15Cl2N3O2/c1-11-3-2-4-17-22-16-7-8-23(10-14(16)19(26)24(11)17)18(25)13-6-5-12(20)9-15(13)21/h2-6,9H,7-8,10H2,1H3. The van der Waals surface area contributed by atoms with Gasteiger partial charge in [0.25, 0.3) is 11.5 Å². The lowest BCUT2D eigenvalue weighted by Crippen LogP contribution is -2.40. The van der Waals surface area contributed by atoms with Crippen molar-refractivity contribution >= 4 is 34.8 Å². The summed E-state index contributed by atoms with van der Waals surface area (Å²) >= 11 is 12.1. The van der Waals surface area contributed by atoms with Gasteiger partial charge in [0.2, 0.25) is 0 Å². The molecule has 7 heteroatoms. The summed E-state index contributed by atoms with van der Waals surface area (Å²) < 4.78 is 1.59. The van der Waals surface area contributed by atoms with Gasteiger partial charge in [0, 0.05) is 23.7 Å². The second-order valence-electron chi connectivity index (χ2n) is 6.30. The zero-order valence-corrected chi connectivity index (χ0v) is 15.5. The highest BCUT2D eigenvalue weighted by Crippen LogP contribution is 2.24. The van der Waals surface area contributed by atoms with E-state index >= 15 is 0 Å². The predicted molar refractivity (Wildman–Crippen MR) is 101 cm³/mol. The third-order valence-corrected chi connectivity index (χ3v) is 5.19. The van der Waals surface area contributed by atoms with Gasteiger partial charge in [0.1, 0.15) is 5.65 Å². The average Bonchev–Trinajstić information content (AvgIpc) is 2.61. The van der Waals surface area contributed by atoms with Crippen LogP contribution in [0.3, 0.4) is 0 Å². The molecule has 3 aromatic rings. The summed E-state index contributed by atoms with van der Waals surface area (Å²) in [5.74, 6) is -0.216. The Bertz CT molecular complexity index is 1110. The van der Waals surface area contributed by atoms with Gasteiger partial charge in [0.05, 0.1) is 28.4 Å². The third kappa shape index (κ3) is 2.77. The van der Waals surface area contributed by atoms with E-state index in [0.717, 1.165) is 11.4 Å². The molecule has 0 radical (unpaired) electrons. The maximum absolute atomic E-state index is 13.0. The summed E-state index contributed by atoms with van der Waals surface area (Å²) in [6, 6.07) is 10.3. The lowest BCUT2D eigenvalue weighted by Gasteiger charge is -2.28. The van der Waals surface area contributed by atoms with E-state index in [2.05, 4.69) is 4.98 Å². The second-order valence-corrected chi connectivity index (χ2v) is 7.15. The van der Waals surface area contributed by atoms with E-state index in [9.17, 15) is 9.59 Å². The molecule has 0 aliphatic carbocycles. The van der Waals surface area contributed by atoms with Crippen molar-refractivity contribution in [3.8, 4) is 0 Å². The van der Waals surface area contributed by atoms with E-state index in [1.165, 1.54) is 0 Å². The lowest BCUT2D eigenvalue weighted by atomic mass is 10.1. The predicted octanol–water partition coefficient (Wildman–Crippen LogP) is 3.51. The number of carbonyl (C=O) groups excluding carboxylic acids is 1. The number of hydrogen-bond donors (Lipinski definition) is 0. The van der Waals surface area contributed by atoms with Crippen molar-refractivity contribution < 1.29 is 4.79 Å². The molecule has 0 fully saturated rings. The Kier molecular flexibility index (Phi) is 4.21. The van der Waals surface area contributed by atoms with Crippen LogP contribution in [0.15, 0.2) is 41.2 Å². The summed E-state index contributed by atoms with van der Waals surface area (Å²) in [5.41, 5.74) is 3.02. The van der Waals surface area contributed by atoms with Crippen LogP contribution in [0.2, 0.25) is 10.0 Å². The number of fused-ring (bicyclic) bond motifs is 2. The van der Waals surface area contributed by atoms with E-state index < -0.39 is 0 Å². The van der Waals surface area contributed by atoms with E-state index in [1.807, 2.05) is 25.1 Å². The number of hydrogen-bond acceptors (Lipinski definition) is 3. The van der Waals surface area contributed by atoms with Crippen LogP contribution in [0.4, 0.5) is 0 Å². The molecule has 1 aromatic carbocycles. The first-order valence-electron chi connectivity index (χ1n) is 8.20. The highest BCUT2D eigenvalue weighted by Gasteiger charge is 2.27. The van der Waals surface area contributed by atoms with Gasteiger partial charge < -0.3 is 4.90 Å². The average molecular weight is 388 g/mol. The molecule has 1 amide bonds. The van der Waals surface area contributed by atoms with Crippen LogP contribution in [0.1, 0.15) is 27.3 Å². The van der Waals surface area contributed by atoms with Gasteiger partial charge in [-0.25, -0.2) is 4.98 Å². The number of aryl methyl sites for hydroxylation is 1. The Hall–Kier alpha value is -2.37. The number of pyridine rings is 1. The lowest BCUT2D eigenvalue weighted by molar-refractivity contribution is 0.0733. The minimum absolute atomic E-state index is 0.122. The molecular weight excluding hydrogens is 373 g/mol. The molecule has 4 rings (SSSR count). The first-order chi connectivity index (χ1) is 12.5. The Morgan fingerprint density at radius 3 is 2.77 bits per heavy atom. The molecule has 0 N–H and O–H groups in total. The van der Waals surface area contributed by atoms with Crippen LogP contribution < -0.4 is 5.56 Å². The van der Waals surface area contributed by atoms with Crippen molar-refractivity contribution in [2.45, 2.75) is 19.9 Å². The van der Waals surface area contributed by atoms with Crippen molar-refractivity contribution in [2.24, 2.45) is 0 Å². The fourth-order valence-corrected chi connectivity index (χ4v) is 3.79. The van der Waals surface area contributed by atoms with Gasteiger partial charge in [-0.15, -0.1) is 0 Å². The number of rotatable bonds is 1. The topological polar surface area (TPSA) is 54.7 Å². The van der Waals surface area contributed by atoms with Crippen LogP contribution in [-0.2, 0) is 13.0 Å². The molecule has 0 saturated heterocycles. The molecule has 3 heterocycles. The SMILES string of the molecule is Cc1cccc2nc3c(c(=O)n12)CN(C(=O)c1ccc(Cl)cc1Cl)CC3. The molecule has 0 spiro atoms. The molecule has 0 atom stereocenters. The summed E-state index contributed by atoms with van der Waals surface area (Å²) in [4.78, 5) is 32.0. The number of benzene rings is 1. The van der Waals surface area contributed by atoms with Crippen molar-refractivity contribution in [2.75, 3.05) is 6.54 Å². The molecule has 0 unspecified atom stereocenters. The van der Waals surface area contributed by atoms with Gasteiger partial charge in [-0.2, -0.15) is 0 Å². The monoisotopic (exact) mass is 387 g/mol. The van der Waals surface area contributed by atoms with Crippen molar-refractivity contribution in [3.63, 3.8) is 0 Å². The van der Waals surface area contributed by atoms with Crippen LogP contribution in [0, 0.1) is 6.92 Å². The highest BCUT2D eigenvalue weighted by atomic mass is 35.5. The van der Waals surface area contributed by atoms with Crippen molar-refractivity contribution in [1.29, 1.82) is 0 Å². The van der Waals surface area contributed by atoms with E-state index in [4.69, 9.17) is 23.2 Å². The van der Waals surface area contributed by atoms with E-state index in [1.54, 1.807) is 27.5 Å². The molecule has 5 nitrogen and oxygen atoms in total. The van der Waals surface area contributed by atoms with Crippen molar-refractivity contribution in [1.82, 2.24) is 14.3 Å². The van der Waals surface area contributed by atoms with Crippen LogP contribution in [-0.4, -0.2) is 26.7 Å². The number of nitrogens with zero attached hydrogens (tertiary/aromatic N) is 3. The third-order valence-electron chi connectivity index (χ3n) is 4.64. The summed E-state index contributed by atoms with van der Waals surface area (Å²) in [7, 11) is 0. The Morgan fingerprint density at radius 1 is 1.19 bits per heavy atom. The first-order valence-corrected chi connectivity index (χ1v) is 8.96. The molecule has 2 aromatic heterocycles. The Morgan fingerprint density at radius 2 is 2.00 bits per heavy atom. The highest BCUT2D eigenvalue weighted by molar-refractivity contribution is 6.36. The fraction of sp³-hybridized carbons (Fsp3) is 0.211. The summed E-state index contributed by atoms with van der Waals surface area (Å²) in [6.45, 7) is 2.57. The molecule has 1 aliphatic heterocycles. The number of halogens is 2. The van der Waals surface area contributed by atoms with Gasteiger partial charge in [-0.1, -0.05) is 29.3 Å². The minimum Gasteiger partial charge on any atom is -0.334 e. The quantitative estimate of drug-likeness (QED) is 0.641. The van der Waals surface area contributed by atoms with Crippen LogP contribution in [0.5, 0.6) is 0 Å². The Labute approximate surface area is 159 Å². The van der Waals surface area contributed by atoms with E-state index in [0.29, 0.717) is 39.8 Å². The Balaban J connectivity index is 1.75. The fourth-order valence-electron chi connectivity index (χ4n) is 3.30. The zero-order chi connectivity index (χ0) is 18.4. The van der Waals surface area contributed by atoms with Crippen molar-refractivity contribution in [3.05, 3.63) is 79.3 Å². The number of aromatic nitrogens is 2. The number of carbonyl (C=O) groups is 1. The smallest absolute Gasteiger partial charge is 0.263 e. The summed E-state index contributed by atoms with van der Waals surface area (Å²) in [5, 5.41) is 0.775. The molecule has 0 bridgehead atoms. The molecule has 0 saturated carbocycles. The second kappa shape index (κ2) is 6.41. The van der Waals surface area contributed by atoms with Crippen LogP contribution in [0.25, 0.3) is 5.65 Å². The van der Waals surface area contributed by atoms with Gasteiger partial charge in [-0.05, 0) is 37.3 Å². The van der Waals surface area contributed by atoms with Gasteiger partial charge in [-0.3, -0.25) is 14.0 Å². The molecule has 26 heavy (non-hydrogen) atoms. The minimum atomic E-state index is -0.216. The first kappa shape index (κ1) is 17.1. The number of amides is 1. The largest absolute Gasteiger partial charge is 0.334 e. The maximum Gasteiger partial charge on any atom is 0.263 e. The molecule has 1 aliphatic rings. The molecular formula is C19H15Cl2N3O2. The zero-order valence-electron chi connectivity index (χ0n) is 14.0.